The Balaban J connectivity index is 2.05. The number of hydrogen-bond acceptors (Lipinski definition) is 2. The minimum atomic E-state index is -0.0546. The Morgan fingerprint density at radius 1 is 1.42 bits per heavy atom. The molecule has 2 aromatic rings. The molecule has 1 aliphatic heterocycles. The highest BCUT2D eigenvalue weighted by molar-refractivity contribution is 6.07. The number of amides is 1. The number of nitrogens with one attached hydrogen (secondary N) is 1. The number of carbonyl (C=O) groups excluding carboxylic acids is 1. The largest absolute Gasteiger partial charge is 0.399 e. The summed E-state index contributed by atoms with van der Waals surface area (Å²) in [5.74, 6) is 0.0966. The second-order valence-corrected chi connectivity index (χ2v) is 5.88. The van der Waals surface area contributed by atoms with E-state index in [1.165, 1.54) is 0 Å². The second kappa shape index (κ2) is 4.02. The molecule has 4 nitrogen and oxygen atoms in total. The third-order valence-corrected chi connectivity index (χ3v) is 4.08. The van der Waals surface area contributed by atoms with Gasteiger partial charge >= 0.3 is 0 Å². The number of hydrogen-bond donors (Lipinski definition) is 2. The topological polar surface area (TPSA) is 62.1 Å². The van der Waals surface area contributed by atoms with Gasteiger partial charge in [-0.15, -0.1) is 0 Å². The molecule has 1 aromatic carbocycles. The lowest BCUT2D eigenvalue weighted by Crippen LogP contribution is -2.42. The van der Waals surface area contributed by atoms with E-state index in [0.29, 0.717) is 5.69 Å². The summed E-state index contributed by atoms with van der Waals surface area (Å²) in [7, 11) is 0. The Morgan fingerprint density at radius 3 is 2.89 bits per heavy atom. The number of carbonyl (C=O) groups is 1. The molecular weight excluding hydrogens is 238 g/mol. The molecule has 1 saturated heterocycles. The molecule has 1 amide bonds. The van der Waals surface area contributed by atoms with Gasteiger partial charge in [0.1, 0.15) is 0 Å². The van der Waals surface area contributed by atoms with Gasteiger partial charge in [0.05, 0.1) is 5.56 Å². The smallest absolute Gasteiger partial charge is 0.256 e. The van der Waals surface area contributed by atoms with Gasteiger partial charge in [0.15, 0.2) is 0 Å². The summed E-state index contributed by atoms with van der Waals surface area (Å²) in [5.41, 5.74) is 8.12. The van der Waals surface area contributed by atoms with Gasteiger partial charge in [0.25, 0.3) is 5.91 Å². The summed E-state index contributed by atoms with van der Waals surface area (Å²) in [6.45, 7) is 5.09. The van der Waals surface area contributed by atoms with Gasteiger partial charge in [0, 0.05) is 34.9 Å². The minimum Gasteiger partial charge on any atom is -0.399 e. The van der Waals surface area contributed by atoms with Crippen LogP contribution in [0.4, 0.5) is 5.69 Å². The third-order valence-electron chi connectivity index (χ3n) is 4.08. The van der Waals surface area contributed by atoms with E-state index in [-0.39, 0.29) is 11.4 Å². The summed E-state index contributed by atoms with van der Waals surface area (Å²) < 4.78 is 0. The quantitative estimate of drug-likeness (QED) is 0.772. The molecule has 0 saturated carbocycles. The fourth-order valence-electron chi connectivity index (χ4n) is 2.94. The highest BCUT2D eigenvalue weighted by Crippen LogP contribution is 2.31. The van der Waals surface area contributed by atoms with Gasteiger partial charge in [-0.3, -0.25) is 4.79 Å². The van der Waals surface area contributed by atoms with Gasteiger partial charge in [-0.25, -0.2) is 0 Å². The first-order valence-electron chi connectivity index (χ1n) is 6.68. The molecule has 2 heterocycles. The van der Waals surface area contributed by atoms with E-state index in [1.807, 2.05) is 23.1 Å². The molecule has 1 aromatic heterocycles. The molecule has 0 atom stereocenters. The molecule has 3 N–H and O–H groups in total. The first-order valence-corrected chi connectivity index (χ1v) is 6.68. The lowest BCUT2D eigenvalue weighted by atomic mass is 10.0. The minimum absolute atomic E-state index is 0.0546. The van der Waals surface area contributed by atoms with Crippen LogP contribution in [0.1, 0.15) is 37.0 Å². The maximum atomic E-state index is 12.7. The highest BCUT2D eigenvalue weighted by atomic mass is 16.2. The summed E-state index contributed by atoms with van der Waals surface area (Å²) in [6, 6.07) is 5.62. The highest BCUT2D eigenvalue weighted by Gasteiger charge is 2.36. The molecule has 0 aliphatic carbocycles. The number of anilines is 1. The lowest BCUT2D eigenvalue weighted by Gasteiger charge is -2.31. The Hall–Kier alpha value is -1.97. The van der Waals surface area contributed by atoms with E-state index in [0.717, 1.165) is 35.9 Å². The van der Waals surface area contributed by atoms with Crippen LogP contribution in [0.3, 0.4) is 0 Å². The fourth-order valence-corrected chi connectivity index (χ4v) is 2.94. The molecule has 19 heavy (non-hydrogen) atoms. The predicted octanol–water partition coefficient (Wildman–Crippen LogP) is 2.76. The zero-order valence-corrected chi connectivity index (χ0v) is 11.4. The molecule has 0 bridgehead atoms. The number of aromatic nitrogens is 1. The molecule has 1 fully saturated rings. The summed E-state index contributed by atoms with van der Waals surface area (Å²) in [4.78, 5) is 17.8. The first-order chi connectivity index (χ1) is 8.99. The Kier molecular flexibility index (Phi) is 2.55. The van der Waals surface area contributed by atoms with Crippen molar-refractivity contribution in [3.63, 3.8) is 0 Å². The summed E-state index contributed by atoms with van der Waals surface area (Å²) in [5, 5.41) is 0.910. The van der Waals surface area contributed by atoms with Crippen molar-refractivity contribution in [2.75, 3.05) is 12.3 Å². The third kappa shape index (κ3) is 1.87. The second-order valence-electron chi connectivity index (χ2n) is 5.88. The van der Waals surface area contributed by atoms with Gasteiger partial charge in [0.2, 0.25) is 0 Å². The zero-order chi connectivity index (χ0) is 13.6. The predicted molar refractivity (Wildman–Crippen MR) is 77.1 cm³/mol. The van der Waals surface area contributed by atoms with Crippen molar-refractivity contribution in [2.24, 2.45) is 0 Å². The van der Waals surface area contributed by atoms with Crippen molar-refractivity contribution < 1.29 is 4.79 Å². The Labute approximate surface area is 112 Å². The van der Waals surface area contributed by atoms with Crippen LogP contribution in [0.25, 0.3) is 10.9 Å². The van der Waals surface area contributed by atoms with Gasteiger partial charge < -0.3 is 15.6 Å². The maximum absolute atomic E-state index is 12.7. The molecule has 4 heteroatoms. The number of likely N-dealkylation sites (tertiary alicyclic amines) is 1. The molecule has 0 radical (unpaired) electrons. The van der Waals surface area contributed by atoms with Crippen LogP contribution >= 0.6 is 0 Å². The fraction of sp³-hybridized carbons (Fsp3) is 0.400. The van der Waals surface area contributed by atoms with Gasteiger partial charge in [-0.2, -0.15) is 0 Å². The van der Waals surface area contributed by atoms with Crippen LogP contribution in [0.2, 0.25) is 0 Å². The van der Waals surface area contributed by atoms with Crippen LogP contribution in [0, 0.1) is 0 Å². The van der Waals surface area contributed by atoms with Crippen molar-refractivity contribution in [3.05, 3.63) is 30.0 Å². The lowest BCUT2D eigenvalue weighted by molar-refractivity contribution is 0.0654. The number of rotatable bonds is 1. The molecule has 1 aliphatic rings. The van der Waals surface area contributed by atoms with E-state index in [9.17, 15) is 4.79 Å². The van der Waals surface area contributed by atoms with Crippen LogP contribution in [0.15, 0.2) is 24.4 Å². The van der Waals surface area contributed by atoms with Crippen molar-refractivity contribution in [3.8, 4) is 0 Å². The number of benzene rings is 1. The molecule has 0 spiro atoms. The summed E-state index contributed by atoms with van der Waals surface area (Å²) in [6.07, 6.45) is 3.92. The molecule has 3 rings (SSSR count). The van der Waals surface area contributed by atoms with Crippen LogP contribution in [0.5, 0.6) is 0 Å². The van der Waals surface area contributed by atoms with Crippen LogP contribution in [-0.2, 0) is 0 Å². The number of nitrogens with zero attached hydrogens (tertiary/aromatic N) is 1. The summed E-state index contributed by atoms with van der Waals surface area (Å²) >= 11 is 0. The Morgan fingerprint density at radius 2 is 2.21 bits per heavy atom. The van der Waals surface area contributed by atoms with E-state index in [2.05, 4.69) is 18.8 Å². The van der Waals surface area contributed by atoms with Gasteiger partial charge in [-0.05, 0) is 44.9 Å². The van der Waals surface area contributed by atoms with Crippen LogP contribution in [-0.4, -0.2) is 27.9 Å². The van der Waals surface area contributed by atoms with Crippen molar-refractivity contribution in [1.29, 1.82) is 0 Å². The van der Waals surface area contributed by atoms with E-state index in [1.54, 1.807) is 6.20 Å². The SMILES string of the molecule is CC1(C)CCCN1C(=O)c1c[nH]c2ccc(N)cc12. The molecular formula is C15H19N3O. The average molecular weight is 257 g/mol. The van der Waals surface area contributed by atoms with Crippen molar-refractivity contribution >= 4 is 22.5 Å². The Bertz CT molecular complexity index is 642. The standard InChI is InChI=1S/C15H19N3O/c1-15(2)6-3-7-18(15)14(19)12-9-17-13-5-4-10(16)8-11(12)13/h4-5,8-9,17H,3,6-7,16H2,1-2H3. The zero-order valence-electron chi connectivity index (χ0n) is 11.4. The number of nitrogen functional groups attached to an aromatic ring is 1. The van der Waals surface area contributed by atoms with Crippen molar-refractivity contribution in [2.45, 2.75) is 32.2 Å². The first kappa shape index (κ1) is 12.1. The number of fused-ring (bicyclic) bond motifs is 1. The number of aromatic amines is 1. The maximum Gasteiger partial charge on any atom is 0.256 e. The monoisotopic (exact) mass is 257 g/mol. The molecule has 0 unspecified atom stereocenters. The van der Waals surface area contributed by atoms with Gasteiger partial charge in [-0.1, -0.05) is 0 Å². The number of H-pyrrole nitrogens is 1. The van der Waals surface area contributed by atoms with Crippen LogP contribution < -0.4 is 5.73 Å². The van der Waals surface area contributed by atoms with E-state index in [4.69, 9.17) is 5.73 Å². The average Bonchev–Trinajstić information content (AvgIpc) is 2.91. The normalized spacial score (nSPS) is 18.1. The number of nitrogens with two attached hydrogens (primary N) is 1. The van der Waals surface area contributed by atoms with E-state index >= 15 is 0 Å². The van der Waals surface area contributed by atoms with Crippen molar-refractivity contribution in [1.82, 2.24) is 9.88 Å². The van der Waals surface area contributed by atoms with E-state index < -0.39 is 0 Å². The molecule has 100 valence electrons.